The minimum atomic E-state index is -0.0306. The number of aromatic nitrogens is 5. The maximum atomic E-state index is 13.0. The van der Waals surface area contributed by atoms with Crippen molar-refractivity contribution >= 4 is 5.91 Å². The van der Waals surface area contributed by atoms with Crippen LogP contribution in [0.4, 0.5) is 0 Å². The fourth-order valence-electron chi connectivity index (χ4n) is 3.38. The van der Waals surface area contributed by atoms with E-state index in [0.29, 0.717) is 31.0 Å². The zero-order valence-electron chi connectivity index (χ0n) is 16.0. The zero-order chi connectivity index (χ0) is 19.5. The maximum Gasteiger partial charge on any atom is 0.257 e. The smallest absolute Gasteiger partial charge is 0.257 e. The number of carbonyl (C=O) groups excluding carboxylic acids is 1. The van der Waals surface area contributed by atoms with Crippen molar-refractivity contribution in [2.24, 2.45) is 0 Å². The summed E-state index contributed by atoms with van der Waals surface area (Å²) in [5.41, 5.74) is 4.23. The summed E-state index contributed by atoms with van der Waals surface area (Å²) in [6, 6.07) is 3.72. The first kappa shape index (κ1) is 18.1. The van der Waals surface area contributed by atoms with Gasteiger partial charge in [-0.1, -0.05) is 13.3 Å². The van der Waals surface area contributed by atoms with Gasteiger partial charge in [0.2, 0.25) is 5.88 Å². The molecule has 8 heteroatoms. The van der Waals surface area contributed by atoms with Gasteiger partial charge < -0.3 is 14.6 Å². The molecule has 0 saturated carbocycles. The molecule has 4 heterocycles. The average molecular weight is 378 g/mol. The number of fused-ring (bicyclic) bond motifs is 1. The summed E-state index contributed by atoms with van der Waals surface area (Å²) in [5.74, 6) is 1.28. The number of imidazole rings is 1. The molecule has 8 nitrogen and oxygen atoms in total. The highest BCUT2D eigenvalue weighted by Gasteiger charge is 2.26. The molecule has 0 bridgehead atoms. The van der Waals surface area contributed by atoms with E-state index in [2.05, 4.69) is 26.9 Å². The van der Waals surface area contributed by atoms with Crippen LogP contribution < -0.4 is 4.74 Å². The van der Waals surface area contributed by atoms with Crippen LogP contribution >= 0.6 is 0 Å². The van der Waals surface area contributed by atoms with Gasteiger partial charge in [-0.3, -0.25) is 4.79 Å². The van der Waals surface area contributed by atoms with Crippen LogP contribution in [0.1, 0.15) is 40.8 Å². The highest BCUT2D eigenvalue weighted by Crippen LogP contribution is 2.24. The highest BCUT2D eigenvalue weighted by molar-refractivity contribution is 5.95. The number of hydrogen-bond acceptors (Lipinski definition) is 6. The minimum absolute atomic E-state index is 0.0306. The third kappa shape index (κ3) is 3.45. The van der Waals surface area contributed by atoms with Crippen LogP contribution in [0.15, 0.2) is 30.9 Å². The molecule has 1 aliphatic rings. The van der Waals surface area contributed by atoms with Gasteiger partial charge in [-0.05, 0) is 12.5 Å². The van der Waals surface area contributed by atoms with Gasteiger partial charge in [0.05, 0.1) is 36.3 Å². The third-order valence-corrected chi connectivity index (χ3v) is 4.85. The van der Waals surface area contributed by atoms with Gasteiger partial charge in [0.15, 0.2) is 0 Å². The standard InChI is InChI=1S/C20H22N6O2/c1-3-4-15-14(10-21-12-23-15)20(27)26-8-7-16-17(11-26)25-19(24-16)13-5-6-18(28-2)22-9-13/h5-6,9-10,12H,3-4,7-8,11H2,1-2H3,(H,24,25). The van der Waals surface area contributed by atoms with Crippen LogP contribution in [0.25, 0.3) is 11.4 Å². The number of aryl methyl sites for hydroxylation is 1. The van der Waals surface area contributed by atoms with E-state index in [1.165, 1.54) is 6.33 Å². The Balaban J connectivity index is 1.55. The molecule has 3 aromatic rings. The first-order valence-corrected chi connectivity index (χ1v) is 9.36. The molecule has 3 aromatic heterocycles. The molecule has 0 spiro atoms. The number of methoxy groups -OCH3 is 1. The first-order chi connectivity index (χ1) is 13.7. The third-order valence-electron chi connectivity index (χ3n) is 4.85. The van der Waals surface area contributed by atoms with Crippen molar-refractivity contribution in [3.05, 3.63) is 53.5 Å². The van der Waals surface area contributed by atoms with Crippen molar-refractivity contribution in [1.82, 2.24) is 29.8 Å². The number of nitrogens with zero attached hydrogens (tertiary/aromatic N) is 5. The number of aromatic amines is 1. The lowest BCUT2D eigenvalue weighted by Crippen LogP contribution is -2.36. The molecule has 0 fully saturated rings. The van der Waals surface area contributed by atoms with Crippen molar-refractivity contribution in [2.45, 2.75) is 32.7 Å². The van der Waals surface area contributed by atoms with E-state index in [0.717, 1.165) is 41.3 Å². The molecular weight excluding hydrogens is 356 g/mol. The fourth-order valence-corrected chi connectivity index (χ4v) is 3.38. The predicted octanol–water partition coefficient (Wildman–Crippen LogP) is 2.42. The van der Waals surface area contributed by atoms with Gasteiger partial charge in [-0.25, -0.2) is 19.9 Å². The molecule has 0 radical (unpaired) electrons. The van der Waals surface area contributed by atoms with Gasteiger partial charge in [-0.15, -0.1) is 0 Å². The van der Waals surface area contributed by atoms with Gasteiger partial charge in [0.1, 0.15) is 12.2 Å². The second kappa shape index (κ2) is 7.75. The normalized spacial score (nSPS) is 13.3. The number of pyridine rings is 1. The Hall–Kier alpha value is -3.29. The zero-order valence-corrected chi connectivity index (χ0v) is 16.0. The van der Waals surface area contributed by atoms with Crippen molar-refractivity contribution < 1.29 is 9.53 Å². The summed E-state index contributed by atoms with van der Waals surface area (Å²) < 4.78 is 5.10. The van der Waals surface area contributed by atoms with Crippen LogP contribution in [0, 0.1) is 0 Å². The van der Waals surface area contributed by atoms with Crippen LogP contribution in [0.2, 0.25) is 0 Å². The molecule has 0 saturated heterocycles. The SMILES string of the molecule is CCCc1ncncc1C(=O)N1CCc2nc(-c3ccc(OC)nc3)[nH]c2C1. The number of rotatable bonds is 5. The fraction of sp³-hybridized carbons (Fsp3) is 0.350. The molecule has 1 amide bonds. The Kier molecular flexibility index (Phi) is 5.01. The van der Waals surface area contributed by atoms with Crippen LogP contribution in [0.3, 0.4) is 0 Å². The van der Waals surface area contributed by atoms with E-state index in [1.54, 1.807) is 25.6 Å². The maximum absolute atomic E-state index is 13.0. The Morgan fingerprint density at radius 2 is 2.18 bits per heavy atom. The van der Waals surface area contributed by atoms with Gasteiger partial charge >= 0.3 is 0 Å². The number of H-pyrrole nitrogens is 1. The lowest BCUT2D eigenvalue weighted by molar-refractivity contribution is 0.0729. The highest BCUT2D eigenvalue weighted by atomic mass is 16.5. The predicted molar refractivity (Wildman–Crippen MR) is 103 cm³/mol. The monoisotopic (exact) mass is 378 g/mol. The number of amides is 1. The minimum Gasteiger partial charge on any atom is -0.481 e. The Morgan fingerprint density at radius 1 is 1.29 bits per heavy atom. The van der Waals surface area contributed by atoms with E-state index in [9.17, 15) is 4.79 Å². The van der Waals surface area contributed by atoms with E-state index in [4.69, 9.17) is 9.72 Å². The second-order valence-corrected chi connectivity index (χ2v) is 6.71. The molecule has 0 unspecified atom stereocenters. The second-order valence-electron chi connectivity index (χ2n) is 6.71. The van der Waals surface area contributed by atoms with E-state index in [1.807, 2.05) is 11.0 Å². The Bertz CT molecular complexity index is 983. The molecule has 1 N–H and O–H groups in total. The quantitative estimate of drug-likeness (QED) is 0.732. The Morgan fingerprint density at radius 3 is 2.93 bits per heavy atom. The van der Waals surface area contributed by atoms with Crippen molar-refractivity contribution in [3.63, 3.8) is 0 Å². The van der Waals surface area contributed by atoms with Crippen molar-refractivity contribution in [2.75, 3.05) is 13.7 Å². The summed E-state index contributed by atoms with van der Waals surface area (Å²) in [4.78, 5) is 35.5. The average Bonchev–Trinajstić information content (AvgIpc) is 3.17. The van der Waals surface area contributed by atoms with Gasteiger partial charge in [0, 0.05) is 37.0 Å². The molecular formula is C20H22N6O2. The Labute approximate surface area is 163 Å². The van der Waals surface area contributed by atoms with E-state index in [-0.39, 0.29) is 5.91 Å². The first-order valence-electron chi connectivity index (χ1n) is 9.36. The van der Waals surface area contributed by atoms with E-state index < -0.39 is 0 Å². The molecule has 28 heavy (non-hydrogen) atoms. The number of carbonyl (C=O) groups is 1. The number of hydrogen-bond donors (Lipinski definition) is 1. The number of nitrogens with one attached hydrogen (secondary N) is 1. The summed E-state index contributed by atoms with van der Waals surface area (Å²) in [7, 11) is 1.59. The van der Waals surface area contributed by atoms with Gasteiger partial charge in [0.25, 0.3) is 5.91 Å². The van der Waals surface area contributed by atoms with Crippen molar-refractivity contribution in [3.8, 4) is 17.3 Å². The van der Waals surface area contributed by atoms with Gasteiger partial charge in [-0.2, -0.15) is 0 Å². The largest absolute Gasteiger partial charge is 0.481 e. The van der Waals surface area contributed by atoms with Crippen LogP contribution in [-0.4, -0.2) is 49.4 Å². The molecule has 1 aliphatic heterocycles. The summed E-state index contributed by atoms with van der Waals surface area (Å²) in [6.07, 6.45) is 7.25. The molecule has 144 valence electrons. The van der Waals surface area contributed by atoms with Crippen LogP contribution in [0.5, 0.6) is 5.88 Å². The van der Waals surface area contributed by atoms with Crippen LogP contribution in [-0.2, 0) is 19.4 Å². The molecule has 0 aliphatic carbocycles. The molecule has 0 atom stereocenters. The number of ether oxygens (including phenoxy) is 1. The van der Waals surface area contributed by atoms with Crippen molar-refractivity contribution in [1.29, 1.82) is 0 Å². The summed E-state index contributed by atoms with van der Waals surface area (Å²) in [5, 5.41) is 0. The molecule has 0 aromatic carbocycles. The lowest BCUT2D eigenvalue weighted by atomic mass is 10.1. The topological polar surface area (TPSA) is 96.9 Å². The summed E-state index contributed by atoms with van der Waals surface area (Å²) in [6.45, 7) is 3.19. The summed E-state index contributed by atoms with van der Waals surface area (Å²) >= 11 is 0. The lowest BCUT2D eigenvalue weighted by Gasteiger charge is -2.26. The molecule has 4 rings (SSSR count). The van der Waals surface area contributed by atoms with E-state index >= 15 is 0 Å².